The van der Waals surface area contributed by atoms with E-state index in [9.17, 15) is 9.59 Å². The molecule has 1 aliphatic carbocycles. The summed E-state index contributed by atoms with van der Waals surface area (Å²) in [7, 11) is 1.54. The van der Waals surface area contributed by atoms with Crippen molar-refractivity contribution < 1.29 is 19.1 Å². The molecule has 1 amide bonds. The molecular formula is C14H16BrNO4. The maximum atomic E-state index is 11.9. The summed E-state index contributed by atoms with van der Waals surface area (Å²) in [5.74, 6) is -0.165. The second kappa shape index (κ2) is 6.26. The van der Waals surface area contributed by atoms with Crippen molar-refractivity contribution in [3.05, 3.63) is 28.2 Å². The van der Waals surface area contributed by atoms with Gasteiger partial charge in [0.25, 0.3) is 5.91 Å². The second-order valence-corrected chi connectivity index (χ2v) is 5.53. The van der Waals surface area contributed by atoms with Crippen LogP contribution < -0.4 is 10.1 Å². The summed E-state index contributed by atoms with van der Waals surface area (Å²) in [6.45, 7) is 1.56. The van der Waals surface area contributed by atoms with Gasteiger partial charge < -0.3 is 14.8 Å². The second-order valence-electron chi connectivity index (χ2n) is 4.68. The van der Waals surface area contributed by atoms with Crippen LogP contribution in [-0.2, 0) is 9.53 Å². The number of hydrogen-bond donors (Lipinski definition) is 1. The molecule has 0 aromatic heterocycles. The summed E-state index contributed by atoms with van der Waals surface area (Å²) in [4.78, 5) is 23.7. The normalized spacial score (nSPS) is 15.3. The molecule has 1 aromatic carbocycles. The molecule has 108 valence electrons. The number of esters is 1. The summed E-state index contributed by atoms with van der Waals surface area (Å²) < 4.78 is 10.9. The van der Waals surface area contributed by atoms with E-state index in [4.69, 9.17) is 9.47 Å². The van der Waals surface area contributed by atoms with E-state index in [2.05, 4.69) is 21.2 Å². The third-order valence-electron chi connectivity index (χ3n) is 2.96. The molecule has 1 saturated carbocycles. The third-order valence-corrected chi connectivity index (χ3v) is 3.58. The predicted octanol–water partition coefficient (Wildman–Crippen LogP) is 2.28. The third kappa shape index (κ3) is 3.72. The molecule has 1 fully saturated rings. The van der Waals surface area contributed by atoms with Crippen molar-refractivity contribution in [2.45, 2.75) is 31.9 Å². The molecule has 0 spiro atoms. The van der Waals surface area contributed by atoms with E-state index in [-0.39, 0.29) is 11.9 Å². The first-order valence-electron chi connectivity index (χ1n) is 6.36. The molecule has 1 atom stereocenters. The van der Waals surface area contributed by atoms with Crippen LogP contribution in [0.15, 0.2) is 22.7 Å². The molecule has 1 N–H and O–H groups in total. The summed E-state index contributed by atoms with van der Waals surface area (Å²) >= 11 is 3.30. The van der Waals surface area contributed by atoms with Gasteiger partial charge in [0.15, 0.2) is 6.10 Å². The molecule has 0 heterocycles. The summed E-state index contributed by atoms with van der Waals surface area (Å²) in [5.41, 5.74) is 0.365. The molecule has 0 radical (unpaired) electrons. The molecule has 1 aromatic rings. The van der Waals surface area contributed by atoms with Crippen LogP contribution in [0.25, 0.3) is 0 Å². The smallest absolute Gasteiger partial charge is 0.338 e. The summed E-state index contributed by atoms with van der Waals surface area (Å²) in [5, 5.41) is 2.79. The Kier molecular flexibility index (Phi) is 4.65. The van der Waals surface area contributed by atoms with Crippen LogP contribution in [0.1, 0.15) is 30.1 Å². The fourth-order valence-corrected chi connectivity index (χ4v) is 2.16. The van der Waals surface area contributed by atoms with Gasteiger partial charge >= 0.3 is 5.97 Å². The number of ether oxygens (including phenoxy) is 2. The molecular weight excluding hydrogens is 326 g/mol. The number of methoxy groups -OCH3 is 1. The molecule has 0 aliphatic heterocycles. The minimum Gasteiger partial charge on any atom is -0.496 e. The van der Waals surface area contributed by atoms with Crippen molar-refractivity contribution in [3.63, 3.8) is 0 Å². The summed E-state index contributed by atoms with van der Waals surface area (Å²) in [6.07, 6.45) is 1.19. The van der Waals surface area contributed by atoms with Gasteiger partial charge in [0.05, 0.1) is 17.1 Å². The Morgan fingerprint density at radius 3 is 2.65 bits per heavy atom. The number of carbonyl (C=O) groups excluding carboxylic acids is 2. The van der Waals surface area contributed by atoms with Crippen LogP contribution in [0.4, 0.5) is 0 Å². The lowest BCUT2D eigenvalue weighted by Gasteiger charge is -2.13. The van der Waals surface area contributed by atoms with Gasteiger partial charge in [-0.2, -0.15) is 0 Å². The number of amides is 1. The fourth-order valence-electron chi connectivity index (χ4n) is 1.62. The first-order chi connectivity index (χ1) is 9.51. The van der Waals surface area contributed by atoms with Crippen molar-refractivity contribution >= 4 is 27.8 Å². The molecule has 1 unspecified atom stereocenters. The van der Waals surface area contributed by atoms with Crippen molar-refractivity contribution in [2.75, 3.05) is 7.11 Å². The van der Waals surface area contributed by atoms with Gasteiger partial charge in [-0.25, -0.2) is 4.79 Å². The average Bonchev–Trinajstić information content (AvgIpc) is 3.22. The van der Waals surface area contributed by atoms with Crippen LogP contribution in [0, 0.1) is 0 Å². The Hall–Kier alpha value is -1.56. The van der Waals surface area contributed by atoms with E-state index >= 15 is 0 Å². The van der Waals surface area contributed by atoms with Crippen molar-refractivity contribution in [1.82, 2.24) is 5.32 Å². The maximum absolute atomic E-state index is 11.9. The molecule has 1 aliphatic rings. The highest BCUT2D eigenvalue weighted by molar-refractivity contribution is 9.10. The zero-order valence-corrected chi connectivity index (χ0v) is 12.9. The highest BCUT2D eigenvalue weighted by atomic mass is 79.9. The first-order valence-corrected chi connectivity index (χ1v) is 7.15. The molecule has 6 heteroatoms. The maximum Gasteiger partial charge on any atom is 0.338 e. The summed E-state index contributed by atoms with van der Waals surface area (Å²) in [6, 6.07) is 5.11. The molecule has 2 rings (SSSR count). The number of rotatable bonds is 5. The van der Waals surface area contributed by atoms with Gasteiger partial charge in [0, 0.05) is 6.04 Å². The monoisotopic (exact) mass is 341 g/mol. The largest absolute Gasteiger partial charge is 0.496 e. The Labute approximate surface area is 125 Å². The predicted molar refractivity (Wildman–Crippen MR) is 76.7 cm³/mol. The fraction of sp³-hybridized carbons (Fsp3) is 0.429. The first kappa shape index (κ1) is 14.8. The topological polar surface area (TPSA) is 64.6 Å². The van der Waals surface area contributed by atoms with E-state index in [1.807, 2.05) is 0 Å². The van der Waals surface area contributed by atoms with Gasteiger partial charge in [0.2, 0.25) is 0 Å². The average molecular weight is 342 g/mol. The quantitative estimate of drug-likeness (QED) is 0.834. The zero-order valence-electron chi connectivity index (χ0n) is 11.3. The van der Waals surface area contributed by atoms with Crippen LogP contribution >= 0.6 is 15.9 Å². The van der Waals surface area contributed by atoms with Crippen LogP contribution in [-0.4, -0.2) is 31.1 Å². The van der Waals surface area contributed by atoms with Gasteiger partial charge in [-0.15, -0.1) is 0 Å². The number of benzene rings is 1. The van der Waals surface area contributed by atoms with Gasteiger partial charge in [-0.3, -0.25) is 4.79 Å². The highest BCUT2D eigenvalue weighted by Gasteiger charge is 2.27. The Morgan fingerprint density at radius 1 is 1.40 bits per heavy atom. The van der Waals surface area contributed by atoms with E-state index < -0.39 is 12.1 Å². The Bertz CT molecular complexity index is 528. The van der Waals surface area contributed by atoms with Gasteiger partial charge in [-0.05, 0) is 53.9 Å². The van der Waals surface area contributed by atoms with Crippen molar-refractivity contribution in [2.24, 2.45) is 0 Å². The van der Waals surface area contributed by atoms with E-state index in [0.29, 0.717) is 15.8 Å². The van der Waals surface area contributed by atoms with Crippen LogP contribution in [0.2, 0.25) is 0 Å². The highest BCUT2D eigenvalue weighted by Crippen LogP contribution is 2.26. The minimum atomic E-state index is -0.802. The number of nitrogens with one attached hydrogen (secondary N) is 1. The molecule has 0 saturated heterocycles. The zero-order chi connectivity index (χ0) is 14.7. The Balaban J connectivity index is 1.96. The molecule has 0 bridgehead atoms. The lowest BCUT2D eigenvalue weighted by Crippen LogP contribution is -2.37. The molecule has 20 heavy (non-hydrogen) atoms. The van der Waals surface area contributed by atoms with Crippen molar-refractivity contribution in [3.8, 4) is 5.75 Å². The number of halogens is 1. The van der Waals surface area contributed by atoms with E-state index in [0.717, 1.165) is 12.8 Å². The Morgan fingerprint density at radius 2 is 2.10 bits per heavy atom. The lowest BCUT2D eigenvalue weighted by molar-refractivity contribution is -0.129. The molecule has 5 nitrogen and oxygen atoms in total. The number of carbonyl (C=O) groups is 2. The number of hydrogen-bond acceptors (Lipinski definition) is 4. The van der Waals surface area contributed by atoms with Crippen LogP contribution in [0.5, 0.6) is 5.75 Å². The minimum absolute atomic E-state index is 0.249. The van der Waals surface area contributed by atoms with E-state index in [1.165, 1.54) is 0 Å². The SMILES string of the molecule is COc1ccc(C(=O)OC(C)C(=O)NC2CC2)cc1Br. The standard InChI is InChI=1S/C14H16BrNO4/c1-8(13(17)16-10-4-5-10)20-14(18)9-3-6-12(19-2)11(15)7-9/h3,6-8,10H,4-5H2,1-2H3,(H,16,17). The van der Waals surface area contributed by atoms with Crippen molar-refractivity contribution in [1.29, 1.82) is 0 Å². The van der Waals surface area contributed by atoms with E-state index in [1.54, 1.807) is 32.2 Å². The van der Waals surface area contributed by atoms with Gasteiger partial charge in [0.1, 0.15) is 5.75 Å². The van der Waals surface area contributed by atoms with Gasteiger partial charge in [-0.1, -0.05) is 0 Å². The van der Waals surface area contributed by atoms with Crippen LogP contribution in [0.3, 0.4) is 0 Å². The lowest BCUT2D eigenvalue weighted by atomic mass is 10.2.